The zero-order valence-electron chi connectivity index (χ0n) is 15.7. The van der Waals surface area contributed by atoms with E-state index < -0.39 is 11.1 Å². The zero-order chi connectivity index (χ0) is 20.4. The fraction of sp³-hybridized carbons (Fsp3) is 0.273. The van der Waals surface area contributed by atoms with Crippen LogP contribution in [0.25, 0.3) is 16.8 Å². The largest absolute Gasteiger partial charge is 0.772 e. The van der Waals surface area contributed by atoms with E-state index >= 15 is 0 Å². The molecule has 0 aliphatic heterocycles. The quantitative estimate of drug-likeness (QED) is 0.558. The first-order valence-electron chi connectivity index (χ1n) is 9.56. The lowest BCUT2D eigenvalue weighted by atomic mass is 9.91. The number of hydrogen-bond donors (Lipinski definition) is 0. The van der Waals surface area contributed by atoms with Gasteiger partial charge >= 0.3 is 0 Å². The Morgan fingerprint density at radius 2 is 1.86 bits per heavy atom. The summed E-state index contributed by atoms with van der Waals surface area (Å²) in [6.07, 6.45) is 5.91. The van der Waals surface area contributed by atoms with Crippen LogP contribution in [-0.2, 0) is 16.8 Å². The van der Waals surface area contributed by atoms with Crippen molar-refractivity contribution in [2.45, 2.75) is 37.4 Å². The molecule has 1 heterocycles. The predicted molar refractivity (Wildman–Crippen MR) is 114 cm³/mol. The first kappa shape index (κ1) is 20.0. The summed E-state index contributed by atoms with van der Waals surface area (Å²) in [5.41, 5.74) is 3.69. The average molecular weight is 428 g/mol. The van der Waals surface area contributed by atoms with E-state index in [1.54, 1.807) is 36.5 Å². The standard InChI is InChI=1S/C22H21ClN2O3S/c23-18-6-3-7-19(12-18)25-22(26)21(17-4-1-2-5-17)20(13-24-25)16-10-8-15(9-11-16)14-29(27)28/h3,6-13,17H,1-2,4-5,14H2,(H,27,28)/p-1. The lowest BCUT2D eigenvalue weighted by Gasteiger charge is -2.17. The van der Waals surface area contributed by atoms with Crippen LogP contribution in [0.2, 0.25) is 5.02 Å². The Morgan fingerprint density at radius 3 is 2.52 bits per heavy atom. The second-order valence-corrected chi connectivity index (χ2v) is 8.63. The van der Waals surface area contributed by atoms with Crippen LogP contribution in [0, 0.1) is 0 Å². The molecule has 1 saturated carbocycles. The smallest absolute Gasteiger partial charge is 0.275 e. The Morgan fingerprint density at radius 1 is 1.14 bits per heavy atom. The van der Waals surface area contributed by atoms with E-state index in [-0.39, 0.29) is 17.2 Å². The summed E-state index contributed by atoms with van der Waals surface area (Å²) in [6.45, 7) is 0. The van der Waals surface area contributed by atoms with Crippen LogP contribution >= 0.6 is 11.6 Å². The van der Waals surface area contributed by atoms with Crippen LogP contribution in [0.3, 0.4) is 0 Å². The molecule has 150 valence electrons. The van der Waals surface area contributed by atoms with Gasteiger partial charge in [0.1, 0.15) is 0 Å². The van der Waals surface area contributed by atoms with Gasteiger partial charge in [-0.15, -0.1) is 0 Å². The highest BCUT2D eigenvalue weighted by Gasteiger charge is 2.25. The Kier molecular flexibility index (Phi) is 5.94. The highest BCUT2D eigenvalue weighted by atomic mass is 35.5. The molecule has 1 atom stereocenters. The summed E-state index contributed by atoms with van der Waals surface area (Å²) < 4.78 is 23.3. The summed E-state index contributed by atoms with van der Waals surface area (Å²) in [6, 6.07) is 14.4. The normalized spacial score (nSPS) is 15.5. The van der Waals surface area contributed by atoms with E-state index in [1.807, 2.05) is 18.2 Å². The Labute approximate surface area is 176 Å². The number of rotatable bonds is 5. The molecule has 3 aromatic rings. The summed E-state index contributed by atoms with van der Waals surface area (Å²) in [5, 5.41) is 4.97. The van der Waals surface area contributed by atoms with E-state index in [1.165, 1.54) is 4.68 Å². The summed E-state index contributed by atoms with van der Waals surface area (Å²) in [4.78, 5) is 13.5. The molecule has 1 aliphatic carbocycles. The molecule has 1 unspecified atom stereocenters. The monoisotopic (exact) mass is 427 g/mol. The van der Waals surface area contributed by atoms with Gasteiger partial charge in [-0.25, -0.2) is 0 Å². The van der Waals surface area contributed by atoms with Gasteiger partial charge in [0.25, 0.3) is 5.56 Å². The predicted octanol–water partition coefficient (Wildman–Crippen LogP) is 4.59. The van der Waals surface area contributed by atoms with Crippen LogP contribution in [0.4, 0.5) is 0 Å². The molecule has 0 bridgehead atoms. The third-order valence-corrected chi connectivity index (χ3v) is 6.19. The SMILES string of the molecule is O=c1c(C2CCCC2)c(-c2ccc(CS(=O)[O-])cc2)cnn1-c1cccc(Cl)c1. The summed E-state index contributed by atoms with van der Waals surface area (Å²) >= 11 is 3.97. The van der Waals surface area contributed by atoms with Crippen molar-refractivity contribution in [2.24, 2.45) is 0 Å². The van der Waals surface area contributed by atoms with E-state index in [2.05, 4.69) is 5.10 Å². The highest BCUT2D eigenvalue weighted by molar-refractivity contribution is 7.78. The van der Waals surface area contributed by atoms with Crippen LogP contribution < -0.4 is 5.56 Å². The number of aromatic nitrogens is 2. The molecule has 1 aromatic heterocycles. The van der Waals surface area contributed by atoms with Crippen molar-refractivity contribution >= 4 is 22.7 Å². The average Bonchev–Trinajstić information content (AvgIpc) is 3.22. The third kappa shape index (κ3) is 4.34. The topological polar surface area (TPSA) is 75.0 Å². The minimum atomic E-state index is -2.13. The molecular formula is C22H20ClN2O3S-. The van der Waals surface area contributed by atoms with Crippen LogP contribution in [-0.4, -0.2) is 18.5 Å². The molecule has 1 aliphatic rings. The molecule has 0 N–H and O–H groups in total. The van der Waals surface area contributed by atoms with E-state index in [0.717, 1.165) is 42.4 Å². The molecule has 5 nitrogen and oxygen atoms in total. The fourth-order valence-electron chi connectivity index (χ4n) is 4.01. The number of nitrogens with zero attached hydrogens (tertiary/aromatic N) is 2. The van der Waals surface area contributed by atoms with Gasteiger partial charge < -0.3 is 4.55 Å². The number of halogens is 1. The van der Waals surface area contributed by atoms with Crippen molar-refractivity contribution in [1.29, 1.82) is 0 Å². The lowest BCUT2D eigenvalue weighted by molar-refractivity contribution is 0.536. The maximum atomic E-state index is 13.5. The minimum absolute atomic E-state index is 0.0234. The van der Waals surface area contributed by atoms with E-state index in [9.17, 15) is 13.6 Å². The van der Waals surface area contributed by atoms with Crippen molar-refractivity contribution in [3.8, 4) is 16.8 Å². The molecule has 2 aromatic carbocycles. The van der Waals surface area contributed by atoms with Crippen molar-refractivity contribution in [1.82, 2.24) is 9.78 Å². The van der Waals surface area contributed by atoms with Crippen molar-refractivity contribution in [3.05, 3.63) is 81.2 Å². The Hall–Kier alpha value is -2.28. The minimum Gasteiger partial charge on any atom is -0.772 e. The number of benzene rings is 2. The second-order valence-electron chi connectivity index (χ2n) is 7.30. The van der Waals surface area contributed by atoms with Gasteiger partial charge in [-0.2, -0.15) is 9.78 Å². The van der Waals surface area contributed by atoms with E-state index in [4.69, 9.17) is 11.6 Å². The molecule has 0 amide bonds. The van der Waals surface area contributed by atoms with Gasteiger partial charge in [-0.1, -0.05) is 65.9 Å². The van der Waals surface area contributed by atoms with E-state index in [0.29, 0.717) is 16.3 Å². The first-order chi connectivity index (χ1) is 14.0. The fourth-order valence-corrected chi connectivity index (χ4v) is 4.66. The lowest BCUT2D eigenvalue weighted by Crippen LogP contribution is -2.27. The molecule has 4 rings (SSSR count). The number of hydrogen-bond acceptors (Lipinski definition) is 4. The Balaban J connectivity index is 1.82. The van der Waals surface area contributed by atoms with Crippen LogP contribution in [0.15, 0.2) is 59.5 Å². The van der Waals surface area contributed by atoms with Gasteiger partial charge in [-0.3, -0.25) is 9.00 Å². The molecular weight excluding hydrogens is 408 g/mol. The molecule has 1 fully saturated rings. The molecule has 0 spiro atoms. The van der Waals surface area contributed by atoms with Crippen molar-refractivity contribution < 1.29 is 8.76 Å². The van der Waals surface area contributed by atoms with Gasteiger partial charge in [0.2, 0.25) is 0 Å². The highest BCUT2D eigenvalue weighted by Crippen LogP contribution is 2.37. The summed E-state index contributed by atoms with van der Waals surface area (Å²) in [7, 11) is 0. The molecule has 29 heavy (non-hydrogen) atoms. The van der Waals surface area contributed by atoms with Gasteiger partial charge in [0.15, 0.2) is 0 Å². The maximum absolute atomic E-state index is 13.5. The second kappa shape index (κ2) is 8.61. The third-order valence-electron chi connectivity index (χ3n) is 5.38. The first-order valence-corrected chi connectivity index (χ1v) is 11.2. The van der Waals surface area contributed by atoms with Crippen LogP contribution in [0.5, 0.6) is 0 Å². The maximum Gasteiger partial charge on any atom is 0.275 e. The van der Waals surface area contributed by atoms with Gasteiger partial charge in [0.05, 0.1) is 11.9 Å². The Bertz CT molecular complexity index is 1110. The van der Waals surface area contributed by atoms with Crippen molar-refractivity contribution in [3.63, 3.8) is 0 Å². The zero-order valence-corrected chi connectivity index (χ0v) is 17.3. The molecule has 0 radical (unpaired) electrons. The summed E-state index contributed by atoms with van der Waals surface area (Å²) in [5.74, 6) is 0.171. The molecule has 7 heteroatoms. The van der Waals surface area contributed by atoms with Crippen molar-refractivity contribution in [2.75, 3.05) is 0 Å². The van der Waals surface area contributed by atoms with Crippen LogP contribution in [0.1, 0.15) is 42.7 Å². The van der Waals surface area contributed by atoms with Gasteiger partial charge in [-0.05, 0) is 48.1 Å². The van der Waals surface area contributed by atoms with Gasteiger partial charge in [0, 0.05) is 21.9 Å². The molecule has 0 saturated heterocycles.